The second-order valence-electron chi connectivity index (χ2n) is 6.49. The van der Waals surface area contributed by atoms with E-state index in [2.05, 4.69) is 4.98 Å². The predicted molar refractivity (Wildman–Crippen MR) is 97.7 cm³/mol. The van der Waals surface area contributed by atoms with Crippen LogP contribution in [-0.2, 0) is 11.2 Å². The van der Waals surface area contributed by atoms with Gasteiger partial charge in [0.1, 0.15) is 0 Å². The van der Waals surface area contributed by atoms with Crippen LogP contribution in [0.5, 0.6) is 0 Å². The molecule has 1 fully saturated rings. The van der Waals surface area contributed by atoms with Gasteiger partial charge in [-0.15, -0.1) is 0 Å². The number of aromatic nitrogens is 1. The Balaban J connectivity index is 1.54. The Morgan fingerprint density at radius 3 is 2.20 bits per heavy atom. The van der Waals surface area contributed by atoms with Gasteiger partial charge in [0.15, 0.2) is 0 Å². The Morgan fingerprint density at radius 1 is 1.00 bits per heavy atom. The van der Waals surface area contributed by atoms with E-state index in [1.54, 1.807) is 0 Å². The number of carbonyl (C=O) groups excluding carboxylic acids is 2. The summed E-state index contributed by atoms with van der Waals surface area (Å²) in [7, 11) is 3.94. The molecule has 1 aliphatic heterocycles. The maximum absolute atomic E-state index is 12.6. The van der Waals surface area contributed by atoms with Crippen LogP contribution in [0, 0.1) is 0 Å². The van der Waals surface area contributed by atoms with Gasteiger partial charge in [-0.1, -0.05) is 0 Å². The van der Waals surface area contributed by atoms with Crippen LogP contribution in [0.1, 0.15) is 16.1 Å². The highest BCUT2D eigenvalue weighted by atomic mass is 16.2. The van der Waals surface area contributed by atoms with Gasteiger partial charge in [0.2, 0.25) is 5.91 Å². The number of nitrogens with one attached hydrogen (secondary N) is 1. The van der Waals surface area contributed by atoms with Crippen LogP contribution in [-0.4, -0.2) is 66.9 Å². The molecular formula is C19H24N4O2. The molecule has 1 aromatic heterocycles. The molecule has 0 bridgehead atoms. The SMILES string of the molecule is CN(C)c1ccc(C(=O)N2CCN(C(=O)Cc3ccc[nH]3)CC2)cc1. The number of hydrogen-bond acceptors (Lipinski definition) is 3. The summed E-state index contributed by atoms with van der Waals surface area (Å²) in [6.07, 6.45) is 2.20. The zero-order valence-electron chi connectivity index (χ0n) is 14.7. The van der Waals surface area contributed by atoms with Gasteiger partial charge in [-0.3, -0.25) is 9.59 Å². The topological polar surface area (TPSA) is 59.7 Å². The second-order valence-corrected chi connectivity index (χ2v) is 6.49. The van der Waals surface area contributed by atoms with Gasteiger partial charge in [-0.2, -0.15) is 0 Å². The second kappa shape index (κ2) is 7.42. The third-order valence-electron chi connectivity index (χ3n) is 4.55. The van der Waals surface area contributed by atoms with E-state index >= 15 is 0 Å². The highest BCUT2D eigenvalue weighted by molar-refractivity contribution is 5.94. The zero-order chi connectivity index (χ0) is 17.8. The fourth-order valence-electron chi connectivity index (χ4n) is 3.00. The number of carbonyl (C=O) groups is 2. The molecule has 132 valence electrons. The first-order valence-electron chi connectivity index (χ1n) is 8.51. The minimum atomic E-state index is 0.0294. The van der Waals surface area contributed by atoms with Gasteiger partial charge in [0, 0.05) is 63.4 Å². The number of aromatic amines is 1. The quantitative estimate of drug-likeness (QED) is 0.920. The van der Waals surface area contributed by atoms with Crippen LogP contribution in [0.3, 0.4) is 0 Å². The highest BCUT2D eigenvalue weighted by Crippen LogP contribution is 2.15. The van der Waals surface area contributed by atoms with Gasteiger partial charge in [0.05, 0.1) is 6.42 Å². The van der Waals surface area contributed by atoms with E-state index in [0.29, 0.717) is 38.2 Å². The van der Waals surface area contributed by atoms with Crippen LogP contribution in [0.25, 0.3) is 0 Å². The maximum atomic E-state index is 12.6. The van der Waals surface area contributed by atoms with E-state index in [9.17, 15) is 9.59 Å². The molecule has 0 spiro atoms. The monoisotopic (exact) mass is 340 g/mol. The molecule has 0 unspecified atom stereocenters. The van der Waals surface area contributed by atoms with Crippen molar-refractivity contribution in [2.75, 3.05) is 45.2 Å². The number of amides is 2. The standard InChI is InChI=1S/C19H24N4O2/c1-21(2)17-7-5-15(6-8-17)19(25)23-12-10-22(11-13-23)18(24)14-16-4-3-9-20-16/h3-9,20H,10-14H2,1-2H3. The molecule has 1 saturated heterocycles. The Labute approximate surface area is 148 Å². The molecule has 0 atom stereocenters. The van der Waals surface area contributed by atoms with Gasteiger partial charge < -0.3 is 19.7 Å². The van der Waals surface area contributed by atoms with Crippen molar-refractivity contribution in [1.82, 2.24) is 14.8 Å². The van der Waals surface area contributed by atoms with Crippen LogP contribution in [0.15, 0.2) is 42.6 Å². The first-order chi connectivity index (χ1) is 12.0. The van der Waals surface area contributed by atoms with Crippen molar-refractivity contribution in [3.05, 3.63) is 53.9 Å². The van der Waals surface area contributed by atoms with Crippen molar-refractivity contribution in [3.8, 4) is 0 Å². The molecule has 0 aliphatic carbocycles. The summed E-state index contributed by atoms with van der Waals surface area (Å²) in [6.45, 7) is 2.32. The summed E-state index contributed by atoms with van der Waals surface area (Å²) >= 11 is 0. The largest absolute Gasteiger partial charge is 0.378 e. The number of benzene rings is 1. The Bertz CT molecular complexity index is 714. The summed E-state index contributed by atoms with van der Waals surface area (Å²) < 4.78 is 0. The van der Waals surface area contributed by atoms with E-state index in [-0.39, 0.29) is 11.8 Å². The first-order valence-corrected chi connectivity index (χ1v) is 8.51. The zero-order valence-corrected chi connectivity index (χ0v) is 14.7. The van der Waals surface area contributed by atoms with E-state index in [0.717, 1.165) is 11.4 Å². The van der Waals surface area contributed by atoms with Crippen LogP contribution in [0.4, 0.5) is 5.69 Å². The fraction of sp³-hybridized carbons (Fsp3) is 0.368. The molecule has 0 radical (unpaired) electrons. The Morgan fingerprint density at radius 2 is 1.64 bits per heavy atom. The molecule has 2 aromatic rings. The van der Waals surface area contributed by atoms with Gasteiger partial charge in [-0.05, 0) is 36.4 Å². The summed E-state index contributed by atoms with van der Waals surface area (Å²) in [5.41, 5.74) is 2.68. The summed E-state index contributed by atoms with van der Waals surface area (Å²) in [5, 5.41) is 0. The molecule has 1 aliphatic rings. The van der Waals surface area contributed by atoms with Crippen LogP contribution < -0.4 is 4.90 Å². The maximum Gasteiger partial charge on any atom is 0.253 e. The fourth-order valence-corrected chi connectivity index (χ4v) is 3.00. The molecule has 1 N–H and O–H groups in total. The number of hydrogen-bond donors (Lipinski definition) is 1. The van der Waals surface area contributed by atoms with Gasteiger partial charge >= 0.3 is 0 Å². The average Bonchev–Trinajstić information content (AvgIpc) is 3.14. The molecular weight excluding hydrogens is 316 g/mol. The highest BCUT2D eigenvalue weighted by Gasteiger charge is 2.25. The summed E-state index contributed by atoms with van der Waals surface area (Å²) in [6, 6.07) is 11.4. The Hall–Kier alpha value is -2.76. The van der Waals surface area contributed by atoms with Crippen molar-refractivity contribution >= 4 is 17.5 Å². The minimum Gasteiger partial charge on any atom is -0.378 e. The lowest BCUT2D eigenvalue weighted by Crippen LogP contribution is -2.51. The molecule has 3 rings (SSSR count). The van der Waals surface area contributed by atoms with Crippen molar-refractivity contribution in [2.45, 2.75) is 6.42 Å². The summed E-state index contributed by atoms with van der Waals surface area (Å²) in [4.78, 5) is 33.6. The van der Waals surface area contributed by atoms with Gasteiger partial charge in [0.25, 0.3) is 5.91 Å². The lowest BCUT2D eigenvalue weighted by Gasteiger charge is -2.35. The minimum absolute atomic E-state index is 0.0294. The van der Waals surface area contributed by atoms with Crippen LogP contribution in [0.2, 0.25) is 0 Å². The lowest BCUT2D eigenvalue weighted by molar-refractivity contribution is -0.132. The molecule has 6 nitrogen and oxygen atoms in total. The molecule has 0 saturated carbocycles. The summed E-state index contributed by atoms with van der Waals surface area (Å²) in [5.74, 6) is 0.131. The first kappa shape index (κ1) is 17.1. The average molecular weight is 340 g/mol. The number of H-pyrrole nitrogens is 1. The van der Waals surface area contributed by atoms with Crippen molar-refractivity contribution < 1.29 is 9.59 Å². The third kappa shape index (κ3) is 4.02. The van der Waals surface area contributed by atoms with Crippen molar-refractivity contribution in [1.29, 1.82) is 0 Å². The molecule has 25 heavy (non-hydrogen) atoms. The van der Waals surface area contributed by atoms with Crippen molar-refractivity contribution in [2.24, 2.45) is 0 Å². The molecule has 6 heteroatoms. The predicted octanol–water partition coefficient (Wildman–Crippen LogP) is 1.61. The number of nitrogens with zero attached hydrogens (tertiary/aromatic N) is 3. The molecule has 2 amide bonds. The molecule has 2 heterocycles. The smallest absolute Gasteiger partial charge is 0.253 e. The number of rotatable bonds is 4. The number of piperazine rings is 1. The molecule has 1 aromatic carbocycles. The van der Waals surface area contributed by atoms with E-state index < -0.39 is 0 Å². The van der Waals surface area contributed by atoms with Gasteiger partial charge in [-0.25, -0.2) is 0 Å². The van der Waals surface area contributed by atoms with Crippen LogP contribution >= 0.6 is 0 Å². The van der Waals surface area contributed by atoms with E-state index in [1.807, 2.05) is 71.4 Å². The Kier molecular flexibility index (Phi) is 5.07. The van der Waals surface area contributed by atoms with E-state index in [1.165, 1.54) is 0 Å². The normalized spacial score (nSPS) is 14.5. The third-order valence-corrected chi connectivity index (χ3v) is 4.55. The van der Waals surface area contributed by atoms with Crippen molar-refractivity contribution in [3.63, 3.8) is 0 Å². The van der Waals surface area contributed by atoms with E-state index in [4.69, 9.17) is 0 Å². The number of anilines is 1. The lowest BCUT2D eigenvalue weighted by atomic mass is 10.1.